The molecular weight excluding hydrogens is 154 g/mol. The van der Waals surface area contributed by atoms with Crippen LogP contribution in [0.3, 0.4) is 0 Å². The van der Waals surface area contributed by atoms with E-state index in [-0.39, 0.29) is 0 Å². The molecule has 0 atom stereocenters. The van der Waals surface area contributed by atoms with Crippen LogP contribution < -0.4 is 0 Å². The fourth-order valence-electron chi connectivity index (χ4n) is 1.76. The van der Waals surface area contributed by atoms with Gasteiger partial charge in [0.25, 0.3) is 0 Å². The van der Waals surface area contributed by atoms with Crippen molar-refractivity contribution in [1.29, 1.82) is 0 Å². The molecule has 1 aliphatic carbocycles. The highest BCUT2D eigenvalue weighted by Crippen LogP contribution is 2.31. The average Bonchev–Trinajstić information content (AvgIpc) is 2.47. The van der Waals surface area contributed by atoms with E-state index in [0.29, 0.717) is 6.54 Å². The van der Waals surface area contributed by atoms with E-state index in [2.05, 4.69) is 0 Å². The molecule has 1 N–H and O–H groups in total. The molecule has 0 bridgehead atoms. The molecule has 2 rings (SSSR count). The summed E-state index contributed by atoms with van der Waals surface area (Å²) in [5.41, 5.74) is 2.14. The lowest BCUT2D eigenvalue weighted by atomic mass is 10.00. The van der Waals surface area contributed by atoms with Gasteiger partial charge in [0.2, 0.25) is 0 Å². The second-order valence-corrected chi connectivity index (χ2v) is 3.10. The van der Waals surface area contributed by atoms with Crippen LogP contribution >= 0.6 is 0 Å². The van der Waals surface area contributed by atoms with Crippen molar-refractivity contribution in [2.24, 2.45) is 0 Å². The maximum absolute atomic E-state index is 10.7. The Labute approximate surface area is 71.0 Å². The number of fused-ring (bicyclic) bond motifs is 1. The molecule has 0 saturated heterocycles. The van der Waals surface area contributed by atoms with Gasteiger partial charge >= 0.3 is 6.09 Å². The molecule has 0 saturated carbocycles. The molecule has 0 spiro atoms. The molecule has 12 heavy (non-hydrogen) atoms. The largest absolute Gasteiger partial charge is 0.465 e. The maximum atomic E-state index is 10.7. The molecule has 0 aromatic heterocycles. The van der Waals surface area contributed by atoms with Crippen LogP contribution in [-0.2, 0) is 0 Å². The first-order chi connectivity index (χ1) is 5.79. The topological polar surface area (TPSA) is 40.5 Å². The van der Waals surface area contributed by atoms with Crippen LogP contribution in [0.15, 0.2) is 23.4 Å². The van der Waals surface area contributed by atoms with Gasteiger partial charge in [0.05, 0.1) is 0 Å². The molecule has 0 radical (unpaired) electrons. The van der Waals surface area contributed by atoms with Crippen molar-refractivity contribution >= 4 is 6.09 Å². The third-order valence-electron chi connectivity index (χ3n) is 2.36. The van der Waals surface area contributed by atoms with Gasteiger partial charge in [-0.25, -0.2) is 4.79 Å². The number of amides is 1. The molecule has 1 heterocycles. The minimum absolute atomic E-state index is 0.538. The van der Waals surface area contributed by atoms with Crippen LogP contribution in [0, 0.1) is 0 Å². The van der Waals surface area contributed by atoms with Gasteiger partial charge in [0.15, 0.2) is 0 Å². The highest BCUT2D eigenvalue weighted by atomic mass is 16.4. The summed E-state index contributed by atoms with van der Waals surface area (Å²) in [5.74, 6) is 0. The van der Waals surface area contributed by atoms with Crippen LogP contribution in [0.4, 0.5) is 4.79 Å². The van der Waals surface area contributed by atoms with Crippen LogP contribution in [0.2, 0.25) is 0 Å². The van der Waals surface area contributed by atoms with Gasteiger partial charge in [-0.1, -0.05) is 12.2 Å². The van der Waals surface area contributed by atoms with Crippen molar-refractivity contribution in [1.82, 2.24) is 4.90 Å². The summed E-state index contributed by atoms with van der Waals surface area (Å²) in [4.78, 5) is 12.1. The van der Waals surface area contributed by atoms with Crippen LogP contribution in [0.1, 0.15) is 19.3 Å². The maximum Gasteiger partial charge on any atom is 0.412 e. The van der Waals surface area contributed by atoms with Crippen molar-refractivity contribution in [2.75, 3.05) is 6.54 Å². The summed E-state index contributed by atoms with van der Waals surface area (Å²) >= 11 is 0. The Balaban J connectivity index is 2.26. The Morgan fingerprint density at radius 3 is 3.08 bits per heavy atom. The van der Waals surface area contributed by atoms with Crippen LogP contribution in [0.25, 0.3) is 0 Å². The summed E-state index contributed by atoms with van der Waals surface area (Å²) in [6.45, 7) is 0.538. The van der Waals surface area contributed by atoms with Gasteiger partial charge in [-0.15, -0.1) is 0 Å². The van der Waals surface area contributed by atoms with Gasteiger partial charge in [-0.3, -0.25) is 4.90 Å². The summed E-state index contributed by atoms with van der Waals surface area (Å²) < 4.78 is 0. The monoisotopic (exact) mass is 165 g/mol. The van der Waals surface area contributed by atoms with Crippen molar-refractivity contribution in [3.63, 3.8) is 0 Å². The first-order valence-electron chi connectivity index (χ1n) is 4.19. The van der Waals surface area contributed by atoms with Gasteiger partial charge in [-0.05, 0) is 24.8 Å². The van der Waals surface area contributed by atoms with Crippen molar-refractivity contribution in [3.8, 4) is 0 Å². The molecule has 3 heteroatoms. The van der Waals surface area contributed by atoms with Gasteiger partial charge < -0.3 is 5.11 Å². The molecule has 1 amide bonds. The predicted molar refractivity (Wildman–Crippen MR) is 44.7 cm³/mol. The number of nitrogens with zero attached hydrogens (tertiary/aromatic N) is 1. The quantitative estimate of drug-likeness (QED) is 0.596. The average molecular weight is 165 g/mol. The molecular formula is C9H11NO2. The SMILES string of the molecule is O=C(O)N1CC=C2CCCC=C21. The molecule has 1 aliphatic heterocycles. The van der Waals surface area contributed by atoms with E-state index < -0.39 is 6.09 Å². The Morgan fingerprint density at radius 2 is 2.33 bits per heavy atom. The Kier molecular flexibility index (Phi) is 1.64. The van der Waals surface area contributed by atoms with Gasteiger partial charge in [0, 0.05) is 12.2 Å². The van der Waals surface area contributed by atoms with E-state index in [0.717, 1.165) is 25.0 Å². The third-order valence-corrected chi connectivity index (χ3v) is 2.36. The van der Waals surface area contributed by atoms with E-state index >= 15 is 0 Å². The molecule has 64 valence electrons. The molecule has 0 fully saturated rings. The second-order valence-electron chi connectivity index (χ2n) is 3.10. The minimum atomic E-state index is -0.839. The zero-order chi connectivity index (χ0) is 8.55. The number of allylic oxidation sites excluding steroid dienone is 2. The Bertz CT molecular complexity index is 278. The number of rotatable bonds is 0. The van der Waals surface area contributed by atoms with E-state index in [1.165, 1.54) is 10.5 Å². The van der Waals surface area contributed by atoms with Crippen LogP contribution in [0.5, 0.6) is 0 Å². The number of hydrogen-bond acceptors (Lipinski definition) is 1. The predicted octanol–water partition coefficient (Wildman–Crippen LogP) is 1.97. The van der Waals surface area contributed by atoms with Gasteiger partial charge in [-0.2, -0.15) is 0 Å². The van der Waals surface area contributed by atoms with E-state index in [1.54, 1.807) is 0 Å². The lowest BCUT2D eigenvalue weighted by Gasteiger charge is -2.19. The van der Waals surface area contributed by atoms with Crippen LogP contribution in [-0.4, -0.2) is 22.6 Å². The number of carbonyl (C=O) groups is 1. The normalized spacial score (nSPS) is 21.5. The van der Waals surface area contributed by atoms with E-state index in [9.17, 15) is 4.79 Å². The highest BCUT2D eigenvalue weighted by molar-refractivity contribution is 5.71. The minimum Gasteiger partial charge on any atom is -0.465 e. The van der Waals surface area contributed by atoms with Crippen molar-refractivity contribution < 1.29 is 9.90 Å². The van der Waals surface area contributed by atoms with E-state index in [1.807, 2.05) is 12.2 Å². The first kappa shape index (κ1) is 7.40. The number of carboxylic acid groups (broad SMARTS) is 1. The number of hydrogen-bond donors (Lipinski definition) is 1. The smallest absolute Gasteiger partial charge is 0.412 e. The third kappa shape index (κ3) is 1.02. The zero-order valence-corrected chi connectivity index (χ0v) is 6.79. The second kappa shape index (κ2) is 2.66. The lowest BCUT2D eigenvalue weighted by molar-refractivity contribution is 0.165. The fourth-order valence-corrected chi connectivity index (χ4v) is 1.76. The zero-order valence-electron chi connectivity index (χ0n) is 6.79. The Morgan fingerprint density at radius 1 is 1.50 bits per heavy atom. The van der Waals surface area contributed by atoms with Crippen molar-refractivity contribution in [3.05, 3.63) is 23.4 Å². The lowest BCUT2D eigenvalue weighted by Crippen LogP contribution is -2.26. The molecule has 2 aliphatic rings. The molecule has 0 aromatic carbocycles. The Hall–Kier alpha value is -1.25. The highest BCUT2D eigenvalue weighted by Gasteiger charge is 2.25. The summed E-state index contributed by atoms with van der Waals surface area (Å²) in [6, 6.07) is 0. The van der Waals surface area contributed by atoms with Crippen molar-refractivity contribution in [2.45, 2.75) is 19.3 Å². The summed E-state index contributed by atoms with van der Waals surface area (Å²) in [6.07, 6.45) is 6.40. The summed E-state index contributed by atoms with van der Waals surface area (Å²) in [5, 5.41) is 8.80. The molecule has 0 aromatic rings. The first-order valence-corrected chi connectivity index (χ1v) is 4.19. The fraction of sp³-hybridized carbons (Fsp3) is 0.444. The standard InChI is InChI=1S/C9H11NO2/c11-9(12)10-6-5-7-3-1-2-4-8(7)10/h4-5H,1-3,6H2,(H,11,12). The summed E-state index contributed by atoms with van der Waals surface area (Å²) in [7, 11) is 0. The van der Waals surface area contributed by atoms with E-state index in [4.69, 9.17) is 5.11 Å². The molecule has 0 unspecified atom stereocenters. The van der Waals surface area contributed by atoms with Gasteiger partial charge in [0.1, 0.15) is 0 Å². The molecule has 3 nitrogen and oxygen atoms in total.